The van der Waals surface area contributed by atoms with E-state index in [-0.39, 0.29) is 17.4 Å². The van der Waals surface area contributed by atoms with Gasteiger partial charge in [-0.25, -0.2) is 13.2 Å². The molecule has 1 aromatic carbocycles. The minimum absolute atomic E-state index is 0.0578. The van der Waals surface area contributed by atoms with Crippen molar-refractivity contribution in [2.24, 2.45) is 5.92 Å². The van der Waals surface area contributed by atoms with E-state index in [9.17, 15) is 18.0 Å². The van der Waals surface area contributed by atoms with Crippen LogP contribution in [0.1, 0.15) is 26.7 Å². The van der Waals surface area contributed by atoms with E-state index < -0.39 is 33.9 Å². The first-order valence-electron chi connectivity index (χ1n) is 8.64. The van der Waals surface area contributed by atoms with Crippen LogP contribution >= 0.6 is 23.2 Å². The van der Waals surface area contributed by atoms with Gasteiger partial charge < -0.3 is 16.0 Å². The molecule has 27 heavy (non-hydrogen) atoms. The minimum atomic E-state index is -3.10. The normalized spacial score (nSPS) is 20.5. The Bertz CT molecular complexity index is 816. The number of anilines is 1. The molecule has 3 amide bonds. The van der Waals surface area contributed by atoms with Crippen molar-refractivity contribution >= 4 is 50.7 Å². The molecule has 3 N–H and O–H groups in total. The van der Waals surface area contributed by atoms with Crippen molar-refractivity contribution in [2.45, 2.75) is 38.8 Å². The van der Waals surface area contributed by atoms with E-state index in [2.05, 4.69) is 16.0 Å². The molecule has 1 fully saturated rings. The number of hydrogen-bond acceptors (Lipinski definition) is 4. The highest BCUT2D eigenvalue weighted by Gasteiger charge is 2.31. The number of benzene rings is 1. The third-order valence-electron chi connectivity index (χ3n) is 4.54. The van der Waals surface area contributed by atoms with E-state index in [1.807, 2.05) is 13.8 Å². The van der Waals surface area contributed by atoms with Gasteiger partial charge in [0.15, 0.2) is 9.84 Å². The SMILES string of the molecule is CC[C@@H](C)[C@H](NC(=O)N[C@@H]1CCS(=O)(=O)C1)C(=O)Nc1ccc(Cl)cc1Cl. The maximum Gasteiger partial charge on any atom is 0.315 e. The molecule has 3 atom stereocenters. The smallest absolute Gasteiger partial charge is 0.315 e. The molecule has 1 heterocycles. The standard InChI is InChI=1S/C17H23Cl2N3O4S/c1-3-10(2)15(16(23)21-14-5-4-11(18)8-13(14)19)22-17(24)20-12-6-7-27(25,26)9-12/h4-5,8,10,12,15H,3,6-7,9H2,1-2H3,(H,21,23)(H2,20,22,24)/t10-,12-,15+/m1/s1. The highest BCUT2D eigenvalue weighted by atomic mass is 35.5. The minimum Gasteiger partial charge on any atom is -0.334 e. The summed E-state index contributed by atoms with van der Waals surface area (Å²) in [6, 6.07) is 2.88. The third kappa shape index (κ3) is 6.26. The molecule has 0 bridgehead atoms. The highest BCUT2D eigenvalue weighted by molar-refractivity contribution is 7.91. The average molecular weight is 436 g/mol. The first-order chi connectivity index (χ1) is 12.6. The zero-order chi connectivity index (χ0) is 20.2. The molecule has 10 heteroatoms. The van der Waals surface area contributed by atoms with Gasteiger partial charge in [0.25, 0.3) is 0 Å². The van der Waals surface area contributed by atoms with Gasteiger partial charge in [0.2, 0.25) is 5.91 Å². The summed E-state index contributed by atoms with van der Waals surface area (Å²) in [4.78, 5) is 25.0. The Kier molecular flexibility index (Phi) is 7.36. The van der Waals surface area contributed by atoms with E-state index in [0.29, 0.717) is 28.6 Å². The largest absolute Gasteiger partial charge is 0.334 e. The van der Waals surface area contributed by atoms with Crippen LogP contribution in [-0.2, 0) is 14.6 Å². The number of halogens is 2. The summed E-state index contributed by atoms with van der Waals surface area (Å²) in [7, 11) is -3.10. The van der Waals surface area contributed by atoms with Gasteiger partial charge in [-0.3, -0.25) is 4.79 Å². The van der Waals surface area contributed by atoms with Crippen molar-refractivity contribution in [2.75, 3.05) is 16.8 Å². The summed E-state index contributed by atoms with van der Waals surface area (Å²) in [5.41, 5.74) is 0.392. The molecule has 1 aliphatic rings. The fourth-order valence-corrected chi connectivity index (χ4v) is 4.91. The molecule has 0 saturated carbocycles. The monoisotopic (exact) mass is 435 g/mol. The zero-order valence-electron chi connectivity index (χ0n) is 15.1. The summed E-state index contributed by atoms with van der Waals surface area (Å²) in [6.07, 6.45) is 1.03. The van der Waals surface area contributed by atoms with Crippen LogP contribution < -0.4 is 16.0 Å². The van der Waals surface area contributed by atoms with E-state index in [0.717, 1.165) is 0 Å². The van der Waals surface area contributed by atoms with Crippen LogP contribution in [0.25, 0.3) is 0 Å². The van der Waals surface area contributed by atoms with Gasteiger partial charge in [0.1, 0.15) is 6.04 Å². The van der Waals surface area contributed by atoms with E-state index in [1.54, 1.807) is 12.1 Å². The second kappa shape index (κ2) is 9.12. The number of amides is 3. The molecule has 1 aromatic rings. The van der Waals surface area contributed by atoms with Crippen molar-refractivity contribution in [1.29, 1.82) is 0 Å². The van der Waals surface area contributed by atoms with Crippen LogP contribution in [-0.4, -0.2) is 43.9 Å². The lowest BCUT2D eigenvalue weighted by Gasteiger charge is -2.24. The molecular weight excluding hydrogens is 413 g/mol. The molecule has 7 nitrogen and oxygen atoms in total. The maximum atomic E-state index is 12.7. The summed E-state index contributed by atoms with van der Waals surface area (Å²) in [6.45, 7) is 3.75. The summed E-state index contributed by atoms with van der Waals surface area (Å²) >= 11 is 11.9. The van der Waals surface area contributed by atoms with Gasteiger partial charge in [0, 0.05) is 11.1 Å². The van der Waals surface area contributed by atoms with E-state index >= 15 is 0 Å². The van der Waals surface area contributed by atoms with Gasteiger partial charge in [-0.05, 0) is 30.5 Å². The molecule has 2 rings (SSSR count). The van der Waals surface area contributed by atoms with Crippen LogP contribution in [0, 0.1) is 5.92 Å². The number of carbonyl (C=O) groups excluding carboxylic acids is 2. The predicted molar refractivity (Wildman–Crippen MR) is 107 cm³/mol. The zero-order valence-corrected chi connectivity index (χ0v) is 17.4. The average Bonchev–Trinajstić information content (AvgIpc) is 2.92. The van der Waals surface area contributed by atoms with Crippen molar-refractivity contribution in [3.63, 3.8) is 0 Å². The Balaban J connectivity index is 2.03. The molecule has 0 aliphatic carbocycles. The Hall–Kier alpha value is -1.51. The van der Waals surface area contributed by atoms with Crippen LogP contribution in [0.4, 0.5) is 10.5 Å². The number of nitrogens with one attached hydrogen (secondary N) is 3. The third-order valence-corrected chi connectivity index (χ3v) is 6.85. The van der Waals surface area contributed by atoms with Crippen LogP contribution in [0.3, 0.4) is 0 Å². The topological polar surface area (TPSA) is 104 Å². The first kappa shape index (κ1) is 21.8. The summed E-state index contributed by atoms with van der Waals surface area (Å²) in [5.74, 6) is -0.583. The molecule has 0 radical (unpaired) electrons. The highest BCUT2D eigenvalue weighted by Crippen LogP contribution is 2.26. The number of urea groups is 1. The lowest BCUT2D eigenvalue weighted by molar-refractivity contribution is -0.119. The van der Waals surface area contributed by atoms with Gasteiger partial charge in [-0.2, -0.15) is 0 Å². The number of hydrogen-bond donors (Lipinski definition) is 3. The van der Waals surface area contributed by atoms with Crippen LogP contribution in [0.2, 0.25) is 10.0 Å². The summed E-state index contributed by atoms with van der Waals surface area (Å²) < 4.78 is 23.0. The second-order valence-corrected chi connectivity index (χ2v) is 9.77. The van der Waals surface area contributed by atoms with E-state index in [1.165, 1.54) is 6.07 Å². The van der Waals surface area contributed by atoms with Gasteiger partial charge >= 0.3 is 6.03 Å². The van der Waals surface area contributed by atoms with Crippen LogP contribution in [0.5, 0.6) is 0 Å². The van der Waals surface area contributed by atoms with Crippen molar-refractivity contribution in [3.05, 3.63) is 28.2 Å². The number of carbonyl (C=O) groups is 2. The Labute approximate surface area is 169 Å². The molecule has 1 saturated heterocycles. The molecule has 0 spiro atoms. The first-order valence-corrected chi connectivity index (χ1v) is 11.2. The fraction of sp³-hybridized carbons (Fsp3) is 0.529. The van der Waals surface area contributed by atoms with Crippen molar-refractivity contribution in [1.82, 2.24) is 10.6 Å². The van der Waals surface area contributed by atoms with Gasteiger partial charge in [0.05, 0.1) is 22.2 Å². The molecule has 1 aliphatic heterocycles. The second-order valence-electron chi connectivity index (χ2n) is 6.69. The Morgan fingerprint density at radius 2 is 2.00 bits per heavy atom. The van der Waals surface area contributed by atoms with Crippen LogP contribution in [0.15, 0.2) is 18.2 Å². The lowest BCUT2D eigenvalue weighted by Crippen LogP contribution is -2.53. The van der Waals surface area contributed by atoms with Crippen molar-refractivity contribution in [3.8, 4) is 0 Å². The Morgan fingerprint density at radius 1 is 1.30 bits per heavy atom. The molecule has 150 valence electrons. The summed E-state index contributed by atoms with van der Waals surface area (Å²) in [5, 5.41) is 8.71. The lowest BCUT2D eigenvalue weighted by atomic mass is 9.98. The Morgan fingerprint density at radius 3 is 2.56 bits per heavy atom. The van der Waals surface area contributed by atoms with Gasteiger partial charge in [-0.1, -0.05) is 43.5 Å². The fourth-order valence-electron chi connectivity index (χ4n) is 2.78. The molecular formula is C17H23Cl2N3O4S. The van der Waals surface area contributed by atoms with Gasteiger partial charge in [-0.15, -0.1) is 0 Å². The quantitative estimate of drug-likeness (QED) is 0.638. The molecule has 0 unspecified atom stereocenters. The van der Waals surface area contributed by atoms with E-state index in [4.69, 9.17) is 23.2 Å². The molecule has 0 aromatic heterocycles. The predicted octanol–water partition coefficient (Wildman–Crippen LogP) is 2.83. The number of sulfone groups is 1. The van der Waals surface area contributed by atoms with Crippen molar-refractivity contribution < 1.29 is 18.0 Å². The maximum absolute atomic E-state index is 12.7. The number of rotatable bonds is 6.